The number of fused-ring (bicyclic) bond motifs is 3. The van der Waals surface area contributed by atoms with Crippen molar-refractivity contribution in [2.24, 2.45) is 0 Å². The van der Waals surface area contributed by atoms with Gasteiger partial charge in [0.15, 0.2) is 0 Å². The van der Waals surface area contributed by atoms with Gasteiger partial charge in [0, 0.05) is 37.9 Å². The fourth-order valence-electron chi connectivity index (χ4n) is 5.61. The van der Waals surface area contributed by atoms with E-state index in [0.29, 0.717) is 0 Å². The second-order valence-electron chi connectivity index (χ2n) is 9.81. The predicted octanol–water partition coefficient (Wildman–Crippen LogP) is 8.14. The van der Waals surface area contributed by atoms with Crippen molar-refractivity contribution in [3.8, 4) is 11.3 Å². The molecule has 1 aliphatic carbocycles. The second kappa shape index (κ2) is 9.24. The molecule has 2 nitrogen and oxygen atoms in total. The first kappa shape index (κ1) is 24.3. The first-order chi connectivity index (χ1) is 17.0. The summed E-state index contributed by atoms with van der Waals surface area (Å²) in [5.74, 6) is 0. The Morgan fingerprint density at radius 1 is 0.750 bits per heavy atom. The van der Waals surface area contributed by atoms with Crippen LogP contribution in [-0.2, 0) is 25.5 Å². The number of nitrogens with zero attached hydrogens (tertiary/aromatic N) is 2. The minimum Gasteiger partial charge on any atom is -0.305 e. The van der Waals surface area contributed by atoms with Gasteiger partial charge in [-0.25, -0.2) is 0 Å². The van der Waals surface area contributed by atoms with E-state index in [1.807, 2.05) is 48.7 Å². The van der Waals surface area contributed by atoms with E-state index in [9.17, 15) is 0 Å². The van der Waals surface area contributed by atoms with E-state index >= 15 is 0 Å². The summed E-state index contributed by atoms with van der Waals surface area (Å²) in [6.07, 6.45) is 3.75. The van der Waals surface area contributed by atoms with Gasteiger partial charge >= 0.3 is 0 Å². The van der Waals surface area contributed by atoms with Crippen molar-refractivity contribution in [1.29, 1.82) is 0 Å². The Balaban J connectivity index is 0.000000175. The molecule has 0 amide bonds. The molecule has 179 valence electrons. The van der Waals surface area contributed by atoms with Crippen LogP contribution in [0.1, 0.15) is 36.1 Å². The molecular formula is C33H26IrN2-2. The van der Waals surface area contributed by atoms with Crippen molar-refractivity contribution in [2.45, 2.75) is 33.1 Å². The summed E-state index contributed by atoms with van der Waals surface area (Å²) in [4.78, 5) is 8.99. The zero-order valence-corrected chi connectivity index (χ0v) is 23.2. The summed E-state index contributed by atoms with van der Waals surface area (Å²) in [6, 6.07) is 31.6. The van der Waals surface area contributed by atoms with Gasteiger partial charge in [0.1, 0.15) is 0 Å². The van der Waals surface area contributed by atoms with Crippen LogP contribution in [0.3, 0.4) is 0 Å². The van der Waals surface area contributed by atoms with Crippen LogP contribution >= 0.6 is 0 Å². The third kappa shape index (κ3) is 3.75. The molecular weight excluding hydrogens is 617 g/mol. The van der Waals surface area contributed by atoms with Gasteiger partial charge in [-0.1, -0.05) is 68.8 Å². The van der Waals surface area contributed by atoms with E-state index in [1.54, 1.807) is 6.20 Å². The van der Waals surface area contributed by atoms with E-state index in [2.05, 4.69) is 75.1 Å². The number of hydrogen-bond acceptors (Lipinski definition) is 2. The maximum Gasteiger partial charge on any atom is 0.0164 e. The van der Waals surface area contributed by atoms with Crippen molar-refractivity contribution in [3.05, 3.63) is 120 Å². The van der Waals surface area contributed by atoms with E-state index in [1.165, 1.54) is 49.2 Å². The Kier molecular flexibility index (Phi) is 6.24. The van der Waals surface area contributed by atoms with E-state index in [4.69, 9.17) is 4.98 Å². The Morgan fingerprint density at radius 3 is 2.31 bits per heavy atom. The standard InChI is InChI=1S/C22H18N.C11H8N.Ir/c1-12-10-13(2)18-14-6-5-7-16-19(14)20-17(22(16,3)4)8-9-23-21(20)15(18)11-12;1-2-6-10(7-3-1)11-8-4-5-9-12-11;/h5-10H,1-4H3;1-6,8-9H;/q2*-1;. The van der Waals surface area contributed by atoms with Crippen LogP contribution in [0.15, 0.2) is 85.2 Å². The summed E-state index contributed by atoms with van der Waals surface area (Å²) in [6.45, 7) is 8.96. The van der Waals surface area contributed by atoms with Crippen molar-refractivity contribution >= 4 is 32.4 Å². The molecule has 0 atom stereocenters. The maximum atomic E-state index is 4.77. The molecule has 36 heavy (non-hydrogen) atoms. The molecule has 2 aromatic heterocycles. The van der Waals surface area contributed by atoms with E-state index in [-0.39, 0.29) is 25.5 Å². The van der Waals surface area contributed by atoms with Gasteiger partial charge in [0.25, 0.3) is 0 Å². The summed E-state index contributed by atoms with van der Waals surface area (Å²) in [5.41, 5.74) is 8.45. The SMILES string of the molecule is Cc1[c-]c2c3nccc4c3c3c(cccc3c2c(C)c1)C4(C)C.[Ir].[c-]1ccccc1-c1ccccn1. The maximum absolute atomic E-state index is 4.77. The largest absolute Gasteiger partial charge is 0.305 e. The summed E-state index contributed by atoms with van der Waals surface area (Å²) < 4.78 is 0. The number of aromatic nitrogens is 2. The molecule has 1 radical (unpaired) electrons. The van der Waals surface area contributed by atoms with Crippen molar-refractivity contribution in [1.82, 2.24) is 9.97 Å². The van der Waals surface area contributed by atoms with Gasteiger partial charge < -0.3 is 9.97 Å². The molecule has 4 aromatic carbocycles. The molecule has 0 N–H and O–H groups in total. The third-order valence-corrected chi connectivity index (χ3v) is 7.17. The normalized spacial score (nSPS) is 13.0. The topological polar surface area (TPSA) is 25.8 Å². The Bertz CT molecular complexity index is 1680. The molecule has 0 unspecified atom stereocenters. The van der Waals surface area contributed by atoms with Crippen LogP contribution in [0.4, 0.5) is 0 Å². The van der Waals surface area contributed by atoms with E-state index < -0.39 is 0 Å². The number of rotatable bonds is 1. The molecule has 1 aliphatic rings. The quantitative estimate of drug-likeness (QED) is 0.134. The predicted molar refractivity (Wildman–Crippen MR) is 146 cm³/mol. The second-order valence-corrected chi connectivity index (χ2v) is 9.81. The monoisotopic (exact) mass is 643 g/mol. The molecule has 0 bridgehead atoms. The van der Waals surface area contributed by atoms with Gasteiger partial charge in [-0.15, -0.1) is 64.5 Å². The number of hydrogen-bond donors (Lipinski definition) is 0. The molecule has 0 aliphatic heterocycles. The third-order valence-electron chi connectivity index (χ3n) is 7.17. The number of aryl methyl sites for hydroxylation is 2. The van der Waals surface area contributed by atoms with Crippen LogP contribution in [0.2, 0.25) is 0 Å². The van der Waals surface area contributed by atoms with Gasteiger partial charge in [-0.05, 0) is 45.2 Å². The Morgan fingerprint density at radius 2 is 1.56 bits per heavy atom. The molecule has 0 saturated carbocycles. The van der Waals surface area contributed by atoms with E-state index in [0.717, 1.165) is 16.8 Å². The number of pyridine rings is 2. The van der Waals surface area contributed by atoms with Crippen LogP contribution in [0.5, 0.6) is 0 Å². The zero-order valence-electron chi connectivity index (χ0n) is 20.8. The minimum atomic E-state index is 0. The molecule has 7 rings (SSSR count). The first-order valence-corrected chi connectivity index (χ1v) is 12.0. The molecule has 6 aromatic rings. The number of benzene rings is 4. The van der Waals surface area contributed by atoms with Gasteiger partial charge in [-0.3, -0.25) is 0 Å². The van der Waals surface area contributed by atoms with Crippen LogP contribution < -0.4 is 0 Å². The zero-order chi connectivity index (χ0) is 24.2. The fraction of sp³-hybridized carbons (Fsp3) is 0.152. The average molecular weight is 643 g/mol. The molecule has 0 fully saturated rings. The molecule has 3 heteroatoms. The summed E-state index contributed by atoms with van der Waals surface area (Å²) in [7, 11) is 0. The summed E-state index contributed by atoms with van der Waals surface area (Å²) in [5, 5.41) is 6.54. The Labute approximate surface area is 225 Å². The minimum absolute atomic E-state index is 0. The van der Waals surface area contributed by atoms with Gasteiger partial charge in [0.2, 0.25) is 0 Å². The van der Waals surface area contributed by atoms with Gasteiger partial charge in [0.05, 0.1) is 0 Å². The summed E-state index contributed by atoms with van der Waals surface area (Å²) >= 11 is 0. The van der Waals surface area contributed by atoms with Crippen molar-refractivity contribution in [3.63, 3.8) is 0 Å². The molecule has 0 spiro atoms. The fourth-order valence-corrected chi connectivity index (χ4v) is 5.61. The molecule has 2 heterocycles. The smallest absolute Gasteiger partial charge is 0.0164 e. The van der Waals surface area contributed by atoms with Crippen LogP contribution in [0, 0.1) is 26.0 Å². The molecule has 0 saturated heterocycles. The first-order valence-electron chi connectivity index (χ1n) is 12.0. The van der Waals surface area contributed by atoms with Crippen molar-refractivity contribution in [2.75, 3.05) is 0 Å². The van der Waals surface area contributed by atoms with Crippen molar-refractivity contribution < 1.29 is 20.1 Å². The van der Waals surface area contributed by atoms with Crippen LogP contribution in [-0.4, -0.2) is 9.97 Å². The van der Waals surface area contributed by atoms with Crippen LogP contribution in [0.25, 0.3) is 43.7 Å². The van der Waals surface area contributed by atoms with Gasteiger partial charge in [-0.2, -0.15) is 0 Å². The Hall–Kier alpha value is -3.39. The average Bonchev–Trinajstić information content (AvgIpc) is 3.12.